The van der Waals surface area contributed by atoms with Gasteiger partial charge in [-0.2, -0.15) is 0 Å². The van der Waals surface area contributed by atoms with Crippen molar-refractivity contribution in [1.29, 1.82) is 0 Å². The standard InChI is InChI=1S/C9H11ClN2O2/c1-6-7(10)3-2-4-8(6)14-5-9(13)12-11/h2-4H,5,11H2,1H3,(H,12,13). The molecular weight excluding hydrogens is 204 g/mol. The summed E-state index contributed by atoms with van der Waals surface area (Å²) in [6, 6.07) is 5.25. The van der Waals surface area contributed by atoms with Crippen LogP contribution in [0.1, 0.15) is 5.56 Å². The molecular formula is C9H11ClN2O2. The van der Waals surface area contributed by atoms with E-state index in [1.165, 1.54) is 0 Å². The van der Waals surface area contributed by atoms with Crippen LogP contribution in [-0.2, 0) is 4.79 Å². The van der Waals surface area contributed by atoms with Gasteiger partial charge in [0.2, 0.25) is 0 Å². The molecule has 0 aliphatic rings. The largest absolute Gasteiger partial charge is 0.483 e. The Morgan fingerprint density at radius 1 is 1.64 bits per heavy atom. The number of halogens is 1. The lowest BCUT2D eigenvalue weighted by molar-refractivity contribution is -0.123. The molecule has 1 aromatic rings. The molecule has 0 unspecified atom stereocenters. The number of hydrogen-bond donors (Lipinski definition) is 2. The Morgan fingerprint density at radius 2 is 2.36 bits per heavy atom. The summed E-state index contributed by atoms with van der Waals surface area (Å²) < 4.78 is 5.19. The van der Waals surface area contributed by atoms with Gasteiger partial charge in [-0.3, -0.25) is 10.2 Å². The highest BCUT2D eigenvalue weighted by Gasteiger charge is 2.04. The van der Waals surface area contributed by atoms with Gasteiger partial charge in [0.1, 0.15) is 5.75 Å². The number of benzene rings is 1. The molecule has 0 aliphatic heterocycles. The summed E-state index contributed by atoms with van der Waals surface area (Å²) in [5, 5.41) is 0.607. The number of hydrazine groups is 1. The topological polar surface area (TPSA) is 64.3 Å². The average Bonchev–Trinajstić information content (AvgIpc) is 2.20. The van der Waals surface area contributed by atoms with Gasteiger partial charge < -0.3 is 4.74 Å². The molecule has 1 amide bonds. The number of ether oxygens (including phenoxy) is 1. The van der Waals surface area contributed by atoms with Crippen LogP contribution in [0.3, 0.4) is 0 Å². The maximum Gasteiger partial charge on any atom is 0.271 e. The van der Waals surface area contributed by atoms with E-state index in [1.54, 1.807) is 18.2 Å². The first-order valence-electron chi connectivity index (χ1n) is 4.02. The SMILES string of the molecule is Cc1c(Cl)cccc1OCC(=O)NN. The minimum Gasteiger partial charge on any atom is -0.483 e. The highest BCUT2D eigenvalue weighted by Crippen LogP contribution is 2.24. The van der Waals surface area contributed by atoms with Crippen molar-refractivity contribution in [2.45, 2.75) is 6.92 Å². The molecule has 0 saturated heterocycles. The Labute approximate surface area is 87.0 Å². The van der Waals surface area contributed by atoms with Gasteiger partial charge in [-0.05, 0) is 19.1 Å². The second-order valence-corrected chi connectivity index (χ2v) is 3.13. The van der Waals surface area contributed by atoms with Crippen LogP contribution >= 0.6 is 11.6 Å². The lowest BCUT2D eigenvalue weighted by atomic mass is 10.2. The van der Waals surface area contributed by atoms with E-state index < -0.39 is 0 Å². The van der Waals surface area contributed by atoms with Gasteiger partial charge in [0.15, 0.2) is 6.61 Å². The van der Waals surface area contributed by atoms with E-state index in [9.17, 15) is 4.79 Å². The minimum atomic E-state index is -0.385. The van der Waals surface area contributed by atoms with Crippen molar-refractivity contribution in [1.82, 2.24) is 5.43 Å². The zero-order valence-electron chi connectivity index (χ0n) is 7.71. The predicted molar refractivity (Wildman–Crippen MR) is 54.0 cm³/mol. The number of carbonyl (C=O) groups is 1. The monoisotopic (exact) mass is 214 g/mol. The van der Waals surface area contributed by atoms with Crippen molar-refractivity contribution in [3.8, 4) is 5.75 Å². The smallest absolute Gasteiger partial charge is 0.271 e. The van der Waals surface area contributed by atoms with Crippen molar-refractivity contribution < 1.29 is 9.53 Å². The van der Waals surface area contributed by atoms with Gasteiger partial charge in [-0.15, -0.1) is 0 Å². The van der Waals surface area contributed by atoms with Crippen LogP contribution in [0.15, 0.2) is 18.2 Å². The molecule has 0 radical (unpaired) electrons. The molecule has 3 N–H and O–H groups in total. The van der Waals surface area contributed by atoms with Crippen molar-refractivity contribution >= 4 is 17.5 Å². The molecule has 0 heterocycles. The van der Waals surface area contributed by atoms with Gasteiger partial charge in [0, 0.05) is 10.6 Å². The first kappa shape index (κ1) is 10.8. The molecule has 1 aromatic carbocycles. The fourth-order valence-corrected chi connectivity index (χ4v) is 1.09. The molecule has 0 aromatic heterocycles. The Kier molecular flexibility index (Phi) is 3.73. The van der Waals surface area contributed by atoms with E-state index in [-0.39, 0.29) is 12.5 Å². The number of rotatable bonds is 3. The Balaban J connectivity index is 2.68. The highest BCUT2D eigenvalue weighted by molar-refractivity contribution is 6.31. The summed E-state index contributed by atoms with van der Waals surface area (Å²) >= 11 is 5.86. The summed E-state index contributed by atoms with van der Waals surface area (Å²) in [5.74, 6) is 5.10. The second kappa shape index (κ2) is 4.83. The van der Waals surface area contributed by atoms with Crippen molar-refractivity contribution in [2.75, 3.05) is 6.61 Å². The van der Waals surface area contributed by atoms with Gasteiger partial charge in [0.25, 0.3) is 5.91 Å². The average molecular weight is 215 g/mol. The zero-order chi connectivity index (χ0) is 10.6. The maximum absolute atomic E-state index is 10.8. The van der Waals surface area contributed by atoms with Crippen LogP contribution in [0.25, 0.3) is 0 Å². The van der Waals surface area contributed by atoms with E-state index in [0.29, 0.717) is 10.8 Å². The van der Waals surface area contributed by atoms with Crippen LogP contribution in [0.5, 0.6) is 5.75 Å². The lowest BCUT2D eigenvalue weighted by Crippen LogP contribution is -2.34. The van der Waals surface area contributed by atoms with Crippen LogP contribution in [-0.4, -0.2) is 12.5 Å². The Hall–Kier alpha value is -1.26. The van der Waals surface area contributed by atoms with Gasteiger partial charge in [-0.25, -0.2) is 5.84 Å². The Morgan fingerprint density at radius 3 is 3.00 bits per heavy atom. The molecule has 0 fully saturated rings. The number of nitrogens with one attached hydrogen (secondary N) is 1. The number of nitrogens with two attached hydrogens (primary N) is 1. The molecule has 5 heteroatoms. The van der Waals surface area contributed by atoms with Gasteiger partial charge >= 0.3 is 0 Å². The molecule has 0 saturated carbocycles. The third-order valence-electron chi connectivity index (χ3n) is 1.74. The number of amides is 1. The van der Waals surface area contributed by atoms with Crippen molar-refractivity contribution in [3.05, 3.63) is 28.8 Å². The molecule has 76 valence electrons. The summed E-state index contributed by atoms with van der Waals surface area (Å²) in [6.07, 6.45) is 0. The third kappa shape index (κ3) is 2.61. The summed E-state index contributed by atoms with van der Waals surface area (Å²) in [6.45, 7) is 1.70. The molecule has 0 spiro atoms. The van der Waals surface area contributed by atoms with Crippen LogP contribution in [0, 0.1) is 6.92 Å². The summed E-state index contributed by atoms with van der Waals surface area (Å²) in [4.78, 5) is 10.8. The number of hydrogen-bond acceptors (Lipinski definition) is 3. The quantitative estimate of drug-likeness (QED) is 0.449. The first-order valence-corrected chi connectivity index (χ1v) is 4.40. The summed E-state index contributed by atoms with van der Waals surface area (Å²) in [5.41, 5.74) is 2.78. The number of carbonyl (C=O) groups excluding carboxylic acids is 1. The van der Waals surface area contributed by atoms with Crippen LogP contribution in [0.2, 0.25) is 5.02 Å². The molecule has 4 nitrogen and oxygen atoms in total. The normalized spacial score (nSPS) is 9.64. The maximum atomic E-state index is 10.8. The fraction of sp³-hybridized carbons (Fsp3) is 0.222. The molecule has 0 aliphatic carbocycles. The zero-order valence-corrected chi connectivity index (χ0v) is 8.47. The van der Waals surface area contributed by atoms with E-state index in [2.05, 4.69) is 0 Å². The van der Waals surface area contributed by atoms with Crippen molar-refractivity contribution in [3.63, 3.8) is 0 Å². The molecule has 0 atom stereocenters. The van der Waals surface area contributed by atoms with Crippen LogP contribution in [0.4, 0.5) is 0 Å². The van der Waals surface area contributed by atoms with E-state index in [1.807, 2.05) is 12.3 Å². The highest BCUT2D eigenvalue weighted by atomic mass is 35.5. The Bertz CT molecular complexity index is 342. The van der Waals surface area contributed by atoms with Gasteiger partial charge in [-0.1, -0.05) is 17.7 Å². The lowest BCUT2D eigenvalue weighted by Gasteiger charge is -2.08. The fourth-order valence-electron chi connectivity index (χ4n) is 0.929. The molecule has 1 rings (SSSR count). The summed E-state index contributed by atoms with van der Waals surface area (Å²) in [7, 11) is 0. The van der Waals surface area contributed by atoms with Crippen LogP contribution < -0.4 is 16.0 Å². The molecule has 0 bridgehead atoms. The third-order valence-corrected chi connectivity index (χ3v) is 2.15. The van der Waals surface area contributed by atoms with E-state index in [0.717, 1.165) is 5.56 Å². The van der Waals surface area contributed by atoms with Gasteiger partial charge in [0.05, 0.1) is 0 Å². The first-order chi connectivity index (χ1) is 6.65. The second-order valence-electron chi connectivity index (χ2n) is 2.72. The minimum absolute atomic E-state index is 0.113. The predicted octanol–water partition coefficient (Wildman–Crippen LogP) is 1.02. The van der Waals surface area contributed by atoms with Crippen molar-refractivity contribution in [2.24, 2.45) is 5.84 Å². The van der Waals surface area contributed by atoms with E-state index in [4.69, 9.17) is 22.2 Å². The molecule has 14 heavy (non-hydrogen) atoms. The van der Waals surface area contributed by atoms with E-state index >= 15 is 0 Å².